The number of halogens is 1. The molecule has 14 heavy (non-hydrogen) atoms. The lowest BCUT2D eigenvalue weighted by molar-refractivity contribution is 0.215. The fourth-order valence-corrected chi connectivity index (χ4v) is 2.20. The van der Waals surface area contributed by atoms with Gasteiger partial charge in [0, 0.05) is 13.2 Å². The van der Waals surface area contributed by atoms with Crippen LogP contribution in [0.1, 0.15) is 12.2 Å². The van der Waals surface area contributed by atoms with Gasteiger partial charge < -0.3 is 9.52 Å². The third-order valence-corrected chi connectivity index (χ3v) is 3.06. The highest BCUT2D eigenvalue weighted by Crippen LogP contribution is 2.20. The number of furan rings is 1. The summed E-state index contributed by atoms with van der Waals surface area (Å²) in [5, 5.41) is 9.00. The van der Waals surface area contributed by atoms with Crippen molar-refractivity contribution in [3.05, 3.63) is 22.6 Å². The highest BCUT2D eigenvalue weighted by atomic mass is 79.9. The molecule has 0 spiro atoms. The molecule has 0 bridgehead atoms. The van der Waals surface area contributed by atoms with E-state index in [1.54, 1.807) is 0 Å². The van der Waals surface area contributed by atoms with E-state index < -0.39 is 0 Å². The molecule has 1 aromatic heterocycles. The number of rotatable bonds is 3. The summed E-state index contributed by atoms with van der Waals surface area (Å²) >= 11 is 3.28. The molecular weight excluding hydrogens is 246 g/mol. The van der Waals surface area contributed by atoms with Crippen LogP contribution in [0.15, 0.2) is 21.2 Å². The summed E-state index contributed by atoms with van der Waals surface area (Å²) < 4.78 is 6.21. The van der Waals surface area contributed by atoms with Crippen LogP contribution in [0.2, 0.25) is 0 Å². The number of aliphatic hydroxyl groups is 1. The molecule has 0 unspecified atom stereocenters. The molecule has 0 radical (unpaired) electrons. The van der Waals surface area contributed by atoms with Gasteiger partial charge in [-0.05, 0) is 46.9 Å². The van der Waals surface area contributed by atoms with Crippen molar-refractivity contribution in [2.45, 2.75) is 13.0 Å². The van der Waals surface area contributed by atoms with Gasteiger partial charge in [0.05, 0.1) is 6.54 Å². The van der Waals surface area contributed by atoms with Gasteiger partial charge in [-0.15, -0.1) is 0 Å². The molecule has 1 aromatic rings. The van der Waals surface area contributed by atoms with Gasteiger partial charge in [0.1, 0.15) is 5.76 Å². The van der Waals surface area contributed by atoms with Crippen LogP contribution in [0.4, 0.5) is 0 Å². The van der Waals surface area contributed by atoms with Gasteiger partial charge in [-0.3, -0.25) is 4.90 Å². The molecule has 1 saturated heterocycles. The lowest BCUT2D eigenvalue weighted by Crippen LogP contribution is -2.20. The molecule has 3 nitrogen and oxygen atoms in total. The minimum Gasteiger partial charge on any atom is -0.453 e. The molecule has 4 heteroatoms. The Morgan fingerprint density at radius 2 is 2.43 bits per heavy atom. The van der Waals surface area contributed by atoms with Crippen molar-refractivity contribution in [3.63, 3.8) is 0 Å². The van der Waals surface area contributed by atoms with Crippen molar-refractivity contribution in [3.8, 4) is 0 Å². The van der Waals surface area contributed by atoms with Gasteiger partial charge >= 0.3 is 0 Å². The quantitative estimate of drug-likeness (QED) is 0.901. The standard InChI is InChI=1S/C10H14BrNO2/c11-10-2-1-9(14-10)6-12-4-3-8(5-12)7-13/h1-2,8,13H,3-7H2/t8-/m1/s1. The van der Waals surface area contributed by atoms with E-state index in [-0.39, 0.29) is 0 Å². The Bertz CT molecular complexity index is 300. The van der Waals surface area contributed by atoms with E-state index >= 15 is 0 Å². The molecule has 0 amide bonds. The van der Waals surface area contributed by atoms with Crippen LogP contribution in [-0.2, 0) is 6.54 Å². The average Bonchev–Trinajstić information content (AvgIpc) is 2.76. The maximum atomic E-state index is 9.00. The van der Waals surface area contributed by atoms with Crippen LogP contribution in [0.3, 0.4) is 0 Å². The van der Waals surface area contributed by atoms with Crippen LogP contribution in [0.25, 0.3) is 0 Å². The summed E-state index contributed by atoms with van der Waals surface area (Å²) in [5.74, 6) is 1.43. The van der Waals surface area contributed by atoms with Gasteiger partial charge in [0.2, 0.25) is 0 Å². The lowest BCUT2D eigenvalue weighted by atomic mass is 10.1. The van der Waals surface area contributed by atoms with Crippen molar-refractivity contribution in [2.24, 2.45) is 5.92 Å². The predicted molar refractivity (Wildman–Crippen MR) is 56.9 cm³/mol. The Labute approximate surface area is 91.8 Å². The van der Waals surface area contributed by atoms with E-state index in [0.717, 1.165) is 36.5 Å². The highest BCUT2D eigenvalue weighted by Gasteiger charge is 2.22. The second kappa shape index (κ2) is 4.47. The van der Waals surface area contributed by atoms with Gasteiger partial charge in [-0.2, -0.15) is 0 Å². The first-order chi connectivity index (χ1) is 6.78. The molecule has 1 atom stereocenters. The van der Waals surface area contributed by atoms with Crippen LogP contribution in [-0.4, -0.2) is 29.7 Å². The maximum absolute atomic E-state index is 9.00. The highest BCUT2D eigenvalue weighted by molar-refractivity contribution is 9.10. The summed E-state index contributed by atoms with van der Waals surface area (Å²) in [4.78, 5) is 2.31. The monoisotopic (exact) mass is 259 g/mol. The van der Waals surface area contributed by atoms with Crippen LogP contribution >= 0.6 is 15.9 Å². The summed E-state index contributed by atoms with van der Waals surface area (Å²) in [7, 11) is 0. The van der Waals surface area contributed by atoms with Gasteiger partial charge in [0.25, 0.3) is 0 Å². The summed E-state index contributed by atoms with van der Waals surface area (Å²) in [6.07, 6.45) is 1.10. The Morgan fingerprint density at radius 3 is 3.00 bits per heavy atom. The molecule has 1 aliphatic rings. The Balaban J connectivity index is 1.87. The summed E-state index contributed by atoms with van der Waals surface area (Å²) in [6, 6.07) is 3.89. The first-order valence-corrected chi connectivity index (χ1v) is 5.64. The second-order valence-electron chi connectivity index (χ2n) is 3.78. The molecule has 1 aliphatic heterocycles. The first-order valence-electron chi connectivity index (χ1n) is 4.85. The van der Waals surface area contributed by atoms with E-state index in [0.29, 0.717) is 12.5 Å². The topological polar surface area (TPSA) is 36.6 Å². The van der Waals surface area contributed by atoms with Crippen LogP contribution in [0.5, 0.6) is 0 Å². The minimum absolute atomic E-state index is 0.304. The van der Waals surface area contributed by atoms with E-state index in [4.69, 9.17) is 9.52 Å². The van der Waals surface area contributed by atoms with E-state index in [9.17, 15) is 0 Å². The van der Waals surface area contributed by atoms with E-state index in [2.05, 4.69) is 20.8 Å². The zero-order valence-corrected chi connectivity index (χ0v) is 9.53. The lowest BCUT2D eigenvalue weighted by Gasteiger charge is -2.13. The number of aliphatic hydroxyl groups excluding tert-OH is 1. The minimum atomic E-state index is 0.304. The smallest absolute Gasteiger partial charge is 0.169 e. The van der Waals surface area contributed by atoms with Crippen molar-refractivity contribution < 1.29 is 9.52 Å². The molecule has 1 fully saturated rings. The van der Waals surface area contributed by atoms with Crippen LogP contribution < -0.4 is 0 Å². The molecule has 78 valence electrons. The number of nitrogens with zero attached hydrogens (tertiary/aromatic N) is 1. The Hall–Kier alpha value is -0.320. The number of hydrogen-bond donors (Lipinski definition) is 1. The molecule has 2 heterocycles. The van der Waals surface area contributed by atoms with Gasteiger partial charge in [0.15, 0.2) is 4.67 Å². The fraction of sp³-hybridized carbons (Fsp3) is 0.600. The molecule has 1 N–H and O–H groups in total. The number of likely N-dealkylation sites (tertiary alicyclic amines) is 1. The zero-order chi connectivity index (χ0) is 9.97. The fourth-order valence-electron chi connectivity index (χ4n) is 1.86. The summed E-state index contributed by atoms with van der Waals surface area (Å²) in [6.45, 7) is 3.19. The zero-order valence-electron chi connectivity index (χ0n) is 7.95. The SMILES string of the molecule is OC[C@@H]1CCN(Cc2ccc(Br)o2)C1. The van der Waals surface area contributed by atoms with Crippen LogP contribution in [0, 0.1) is 5.92 Å². The van der Waals surface area contributed by atoms with Crippen molar-refractivity contribution in [1.29, 1.82) is 0 Å². The van der Waals surface area contributed by atoms with Crippen molar-refractivity contribution in [2.75, 3.05) is 19.7 Å². The van der Waals surface area contributed by atoms with E-state index in [1.165, 1.54) is 0 Å². The van der Waals surface area contributed by atoms with Gasteiger partial charge in [-0.1, -0.05) is 0 Å². The molecular formula is C10H14BrNO2. The largest absolute Gasteiger partial charge is 0.453 e. The van der Waals surface area contributed by atoms with E-state index in [1.807, 2.05) is 12.1 Å². The maximum Gasteiger partial charge on any atom is 0.169 e. The first kappa shape index (κ1) is 10.2. The molecule has 2 rings (SSSR count). The number of hydrogen-bond acceptors (Lipinski definition) is 3. The Kier molecular flexibility index (Phi) is 3.26. The third-order valence-electron chi connectivity index (χ3n) is 2.64. The Morgan fingerprint density at radius 1 is 1.57 bits per heavy atom. The average molecular weight is 260 g/mol. The third kappa shape index (κ3) is 2.38. The predicted octanol–water partition coefficient (Wildman–Crippen LogP) is 1.86. The van der Waals surface area contributed by atoms with Crippen molar-refractivity contribution in [1.82, 2.24) is 4.90 Å². The molecule has 0 saturated carbocycles. The van der Waals surface area contributed by atoms with Gasteiger partial charge in [-0.25, -0.2) is 0 Å². The normalized spacial score (nSPS) is 23.1. The molecule has 0 aromatic carbocycles. The second-order valence-corrected chi connectivity index (χ2v) is 4.56. The summed E-state index contributed by atoms with van der Waals surface area (Å²) in [5.41, 5.74) is 0. The van der Waals surface area contributed by atoms with Crippen molar-refractivity contribution >= 4 is 15.9 Å². The molecule has 0 aliphatic carbocycles.